The van der Waals surface area contributed by atoms with Gasteiger partial charge < -0.3 is 15.7 Å². The predicted octanol–water partition coefficient (Wildman–Crippen LogP) is 3.64. The van der Waals surface area contributed by atoms with Crippen molar-refractivity contribution in [3.05, 3.63) is 82.2 Å². The van der Waals surface area contributed by atoms with E-state index in [1.165, 1.54) is 23.5 Å². The molecule has 4 rings (SSSR count). The summed E-state index contributed by atoms with van der Waals surface area (Å²) in [5.74, 6) is -2.10. The normalized spacial score (nSPS) is 14.5. The molecule has 32 heavy (non-hydrogen) atoms. The average Bonchev–Trinajstić information content (AvgIpc) is 3.35. The highest BCUT2D eigenvalue weighted by molar-refractivity contribution is 7.11. The zero-order valence-corrected chi connectivity index (χ0v) is 17.4. The molecule has 2 aromatic carbocycles. The minimum atomic E-state index is -1.01. The lowest BCUT2D eigenvalue weighted by molar-refractivity contribution is -0.127. The highest BCUT2D eigenvalue weighted by Gasteiger charge is 2.35. The van der Waals surface area contributed by atoms with Gasteiger partial charge in [-0.2, -0.15) is 0 Å². The van der Waals surface area contributed by atoms with Crippen molar-refractivity contribution in [3.63, 3.8) is 0 Å². The number of carbonyl (C=O) groups is 4. The summed E-state index contributed by atoms with van der Waals surface area (Å²) in [5, 5.41) is 16.1. The van der Waals surface area contributed by atoms with Crippen LogP contribution in [0.5, 0.6) is 0 Å². The first-order chi connectivity index (χ1) is 15.4. The molecule has 3 N–H and O–H groups in total. The number of carboxylic acids is 1. The summed E-state index contributed by atoms with van der Waals surface area (Å²) in [7, 11) is 0. The van der Waals surface area contributed by atoms with E-state index < -0.39 is 30.4 Å². The second kappa shape index (κ2) is 8.86. The number of anilines is 1. The smallest absolute Gasteiger partial charge is 0.335 e. The molecule has 1 aliphatic heterocycles. The van der Waals surface area contributed by atoms with Crippen molar-refractivity contribution in [2.45, 2.75) is 0 Å². The number of carbonyl (C=O) groups excluding carboxylic acids is 3. The lowest BCUT2D eigenvalue weighted by atomic mass is 10.1. The molecule has 0 saturated carbocycles. The fraction of sp³-hybridized carbons (Fsp3) is 0.0435. The molecule has 0 spiro atoms. The van der Waals surface area contributed by atoms with Crippen LogP contribution in [0.1, 0.15) is 15.2 Å². The summed E-state index contributed by atoms with van der Waals surface area (Å²) in [5.41, 5.74) is 2.33. The van der Waals surface area contributed by atoms with E-state index in [0.29, 0.717) is 10.6 Å². The largest absolute Gasteiger partial charge is 0.478 e. The molecular weight excluding hydrogens is 430 g/mol. The molecule has 2 heterocycles. The Labute approximate surface area is 186 Å². The van der Waals surface area contributed by atoms with Crippen LogP contribution in [0.25, 0.3) is 17.2 Å². The van der Waals surface area contributed by atoms with Gasteiger partial charge in [-0.25, -0.2) is 14.5 Å². The average molecular weight is 447 g/mol. The van der Waals surface area contributed by atoms with Gasteiger partial charge in [0.1, 0.15) is 12.2 Å². The van der Waals surface area contributed by atoms with Crippen molar-refractivity contribution in [2.75, 3.05) is 11.9 Å². The van der Waals surface area contributed by atoms with Gasteiger partial charge in [-0.15, -0.1) is 11.3 Å². The van der Waals surface area contributed by atoms with Gasteiger partial charge in [0, 0.05) is 10.6 Å². The molecule has 3 aromatic rings. The number of aromatic carboxylic acids is 1. The van der Waals surface area contributed by atoms with E-state index in [9.17, 15) is 19.2 Å². The quantitative estimate of drug-likeness (QED) is 0.394. The molecule has 9 heteroatoms. The van der Waals surface area contributed by atoms with Crippen molar-refractivity contribution in [2.24, 2.45) is 0 Å². The molecule has 4 amide bonds. The van der Waals surface area contributed by atoms with Crippen LogP contribution in [0, 0.1) is 0 Å². The maximum absolute atomic E-state index is 12.6. The van der Waals surface area contributed by atoms with Gasteiger partial charge >= 0.3 is 12.0 Å². The Balaban J connectivity index is 1.47. The first kappa shape index (κ1) is 21.0. The number of rotatable bonds is 6. The standard InChI is InChI=1S/C23H17N3O5S/c27-20(24-17-7-2-1-3-8-17)12-26-21(28)19(25-23(26)31)11-18-10-16(13-32-18)14-5-4-6-15(9-14)22(29)30/h1-11,13H,12H2,(H,24,27)(H,25,31)(H,29,30)/b19-11-. The number of amides is 4. The summed E-state index contributed by atoms with van der Waals surface area (Å²) >= 11 is 1.34. The Morgan fingerprint density at radius 2 is 1.81 bits per heavy atom. The van der Waals surface area contributed by atoms with E-state index in [2.05, 4.69) is 10.6 Å². The third kappa shape index (κ3) is 4.57. The minimum Gasteiger partial charge on any atom is -0.478 e. The van der Waals surface area contributed by atoms with E-state index >= 15 is 0 Å². The SMILES string of the molecule is O=C(CN1C(=O)N/C(=C\c2cc(-c3cccc(C(=O)O)c3)cs2)C1=O)Nc1ccccc1. The van der Waals surface area contributed by atoms with Gasteiger partial charge in [-0.1, -0.05) is 30.3 Å². The van der Waals surface area contributed by atoms with Crippen LogP contribution < -0.4 is 10.6 Å². The molecule has 0 aliphatic carbocycles. The first-order valence-electron chi connectivity index (χ1n) is 9.52. The molecule has 160 valence electrons. The van der Waals surface area contributed by atoms with Crippen molar-refractivity contribution in [1.29, 1.82) is 0 Å². The first-order valence-corrected chi connectivity index (χ1v) is 10.4. The van der Waals surface area contributed by atoms with E-state index in [1.54, 1.807) is 48.5 Å². The molecule has 8 nitrogen and oxygen atoms in total. The van der Waals surface area contributed by atoms with Crippen molar-refractivity contribution in [3.8, 4) is 11.1 Å². The molecule has 1 aliphatic rings. The predicted molar refractivity (Wildman–Crippen MR) is 120 cm³/mol. The third-order valence-electron chi connectivity index (χ3n) is 4.67. The molecule has 0 radical (unpaired) electrons. The van der Waals surface area contributed by atoms with E-state index in [4.69, 9.17) is 5.11 Å². The number of hydrogen-bond donors (Lipinski definition) is 3. The second-order valence-electron chi connectivity index (χ2n) is 6.92. The number of imide groups is 1. The number of nitrogens with one attached hydrogen (secondary N) is 2. The Kier molecular flexibility index (Phi) is 5.82. The highest BCUT2D eigenvalue weighted by Crippen LogP contribution is 2.28. The lowest BCUT2D eigenvalue weighted by Crippen LogP contribution is -2.38. The molecule has 0 atom stereocenters. The van der Waals surface area contributed by atoms with Gasteiger partial charge in [0.2, 0.25) is 5.91 Å². The van der Waals surface area contributed by atoms with Gasteiger partial charge in [0.05, 0.1) is 5.56 Å². The summed E-state index contributed by atoms with van der Waals surface area (Å²) in [6.45, 7) is -0.408. The van der Waals surface area contributed by atoms with Gasteiger partial charge in [-0.3, -0.25) is 9.59 Å². The minimum absolute atomic E-state index is 0.0650. The van der Waals surface area contributed by atoms with Crippen LogP contribution in [-0.2, 0) is 9.59 Å². The van der Waals surface area contributed by atoms with Crippen LogP contribution in [0.3, 0.4) is 0 Å². The molecule has 0 unspecified atom stereocenters. The Hall–Kier alpha value is -4.24. The van der Waals surface area contributed by atoms with Crippen LogP contribution >= 0.6 is 11.3 Å². The van der Waals surface area contributed by atoms with Crippen LogP contribution in [0.2, 0.25) is 0 Å². The maximum Gasteiger partial charge on any atom is 0.335 e. The second-order valence-corrected chi connectivity index (χ2v) is 7.86. The number of carboxylic acid groups (broad SMARTS) is 1. The number of thiophene rings is 1. The van der Waals surface area contributed by atoms with Crippen molar-refractivity contribution < 1.29 is 24.3 Å². The lowest BCUT2D eigenvalue weighted by Gasteiger charge is -2.11. The van der Waals surface area contributed by atoms with E-state index in [0.717, 1.165) is 16.0 Å². The van der Waals surface area contributed by atoms with Crippen molar-refractivity contribution >= 4 is 46.9 Å². The Morgan fingerprint density at radius 1 is 1.03 bits per heavy atom. The maximum atomic E-state index is 12.6. The number of urea groups is 1. The highest BCUT2D eigenvalue weighted by atomic mass is 32.1. The summed E-state index contributed by atoms with van der Waals surface area (Å²) < 4.78 is 0. The molecule has 1 aromatic heterocycles. The summed E-state index contributed by atoms with van der Waals surface area (Å²) in [6.07, 6.45) is 1.53. The summed E-state index contributed by atoms with van der Waals surface area (Å²) in [4.78, 5) is 49.8. The van der Waals surface area contributed by atoms with Gasteiger partial charge in [-0.05, 0) is 52.9 Å². The molecular formula is C23H17N3O5S. The van der Waals surface area contributed by atoms with Crippen LogP contribution in [0.15, 0.2) is 71.7 Å². The Morgan fingerprint density at radius 3 is 2.56 bits per heavy atom. The van der Waals surface area contributed by atoms with Crippen molar-refractivity contribution in [1.82, 2.24) is 10.2 Å². The zero-order valence-electron chi connectivity index (χ0n) is 16.6. The number of para-hydroxylation sites is 1. The van der Waals surface area contributed by atoms with Gasteiger partial charge in [0.25, 0.3) is 5.91 Å². The monoisotopic (exact) mass is 447 g/mol. The summed E-state index contributed by atoms with van der Waals surface area (Å²) in [6, 6.07) is 16.4. The Bertz CT molecular complexity index is 1250. The molecule has 0 bridgehead atoms. The fourth-order valence-corrected chi connectivity index (χ4v) is 3.98. The van der Waals surface area contributed by atoms with Crippen LogP contribution in [0.4, 0.5) is 10.5 Å². The number of hydrogen-bond acceptors (Lipinski definition) is 5. The molecule has 1 fully saturated rings. The van der Waals surface area contributed by atoms with E-state index in [1.807, 2.05) is 11.4 Å². The zero-order chi connectivity index (χ0) is 22.7. The number of benzene rings is 2. The van der Waals surface area contributed by atoms with E-state index in [-0.39, 0.29) is 11.3 Å². The van der Waals surface area contributed by atoms with Crippen LogP contribution in [-0.4, -0.2) is 40.4 Å². The third-order valence-corrected chi connectivity index (χ3v) is 5.55. The topological polar surface area (TPSA) is 116 Å². The fourth-order valence-electron chi connectivity index (χ4n) is 3.13. The molecule has 1 saturated heterocycles. The number of nitrogens with zero attached hydrogens (tertiary/aromatic N) is 1. The van der Waals surface area contributed by atoms with Gasteiger partial charge in [0.15, 0.2) is 0 Å².